The third-order valence-corrected chi connectivity index (χ3v) is 6.93. The highest BCUT2D eigenvalue weighted by Crippen LogP contribution is 2.27. The van der Waals surface area contributed by atoms with Crippen molar-refractivity contribution in [3.8, 4) is 5.69 Å². The lowest BCUT2D eigenvalue weighted by Gasteiger charge is -2.17. The molecule has 0 radical (unpaired) electrons. The van der Waals surface area contributed by atoms with Crippen molar-refractivity contribution in [2.45, 2.75) is 44.6 Å². The van der Waals surface area contributed by atoms with Crippen LogP contribution < -0.4 is 5.32 Å². The molecule has 176 valence electrons. The Morgan fingerprint density at radius 2 is 1.94 bits per heavy atom. The van der Waals surface area contributed by atoms with E-state index in [9.17, 15) is 9.18 Å². The molecule has 0 saturated carbocycles. The van der Waals surface area contributed by atoms with Gasteiger partial charge in [-0.3, -0.25) is 9.20 Å². The Morgan fingerprint density at radius 3 is 2.76 bits per heavy atom. The fraction of sp³-hybridized carbons (Fsp3) is 0.360. The molecule has 5 rings (SSSR count). The van der Waals surface area contributed by atoms with Crippen LogP contribution >= 0.6 is 11.8 Å². The van der Waals surface area contributed by atoms with Crippen LogP contribution in [0.5, 0.6) is 0 Å². The van der Waals surface area contributed by atoms with Gasteiger partial charge in [-0.05, 0) is 80.5 Å². The average molecular weight is 479 g/mol. The van der Waals surface area contributed by atoms with E-state index in [1.165, 1.54) is 12.1 Å². The van der Waals surface area contributed by atoms with Gasteiger partial charge in [-0.2, -0.15) is 16.9 Å². The minimum Gasteiger partial charge on any atom is -0.341 e. The van der Waals surface area contributed by atoms with Crippen molar-refractivity contribution in [1.29, 1.82) is 0 Å². The van der Waals surface area contributed by atoms with Crippen LogP contribution in [0, 0.1) is 5.82 Å². The number of hydrogen-bond acceptors (Lipinski definition) is 5. The molecule has 34 heavy (non-hydrogen) atoms. The minimum absolute atomic E-state index is 0.210. The number of thioether (sulfide) groups is 1. The van der Waals surface area contributed by atoms with Gasteiger partial charge >= 0.3 is 0 Å². The molecule has 3 aromatic heterocycles. The summed E-state index contributed by atoms with van der Waals surface area (Å²) in [5.41, 5.74) is 4.00. The zero-order chi connectivity index (χ0) is 23.5. The molecular formula is C25H27FN6OS. The molecule has 7 nitrogen and oxygen atoms in total. The highest BCUT2D eigenvalue weighted by Gasteiger charge is 2.28. The van der Waals surface area contributed by atoms with Crippen molar-refractivity contribution < 1.29 is 9.18 Å². The lowest BCUT2D eigenvalue weighted by atomic mass is 10.1. The van der Waals surface area contributed by atoms with E-state index in [1.54, 1.807) is 23.9 Å². The first-order valence-corrected chi connectivity index (χ1v) is 13.0. The highest BCUT2D eigenvalue weighted by atomic mass is 32.2. The summed E-state index contributed by atoms with van der Waals surface area (Å²) in [6.45, 7) is 0. The fourth-order valence-electron chi connectivity index (χ4n) is 4.58. The van der Waals surface area contributed by atoms with Crippen molar-refractivity contribution in [3.05, 3.63) is 77.3 Å². The number of nitrogens with one attached hydrogen (secondary N) is 1. The molecule has 4 aromatic rings. The molecule has 0 saturated heterocycles. The Bertz CT molecular complexity index is 1300. The molecule has 0 bridgehead atoms. The SMILES string of the molecule is CSCCC(NC(=O)c1nn(-c2ccc(F)cc2)c2c1CCCCC2)c1nnc2ccccn12. The molecule has 0 aliphatic heterocycles. The highest BCUT2D eigenvalue weighted by molar-refractivity contribution is 7.98. The van der Waals surface area contributed by atoms with Gasteiger partial charge in [-0.25, -0.2) is 9.07 Å². The molecule has 3 heterocycles. The zero-order valence-corrected chi connectivity index (χ0v) is 19.9. The molecule has 9 heteroatoms. The number of rotatable bonds is 7. The number of carbonyl (C=O) groups is 1. The summed E-state index contributed by atoms with van der Waals surface area (Å²) in [6, 6.07) is 11.7. The normalized spacial score (nSPS) is 14.5. The molecule has 1 aliphatic carbocycles. The number of pyridine rings is 1. The smallest absolute Gasteiger partial charge is 0.272 e. The quantitative estimate of drug-likeness (QED) is 0.395. The summed E-state index contributed by atoms with van der Waals surface area (Å²) in [5.74, 6) is 1.08. The van der Waals surface area contributed by atoms with Gasteiger partial charge in [0.05, 0.1) is 11.7 Å². The maximum absolute atomic E-state index is 13.6. The van der Waals surface area contributed by atoms with Crippen LogP contribution in [-0.2, 0) is 12.8 Å². The first-order chi connectivity index (χ1) is 16.7. The van der Waals surface area contributed by atoms with Gasteiger partial charge in [0.25, 0.3) is 5.91 Å². The second-order valence-electron chi connectivity index (χ2n) is 8.52. The Balaban J connectivity index is 1.51. The van der Waals surface area contributed by atoms with Crippen molar-refractivity contribution in [3.63, 3.8) is 0 Å². The summed E-state index contributed by atoms with van der Waals surface area (Å²) in [5, 5.41) is 16.6. The lowest BCUT2D eigenvalue weighted by Crippen LogP contribution is -2.31. The van der Waals surface area contributed by atoms with Gasteiger partial charge in [-0.15, -0.1) is 10.2 Å². The third kappa shape index (κ3) is 4.44. The largest absolute Gasteiger partial charge is 0.341 e. The summed E-state index contributed by atoms with van der Waals surface area (Å²) in [4.78, 5) is 13.6. The summed E-state index contributed by atoms with van der Waals surface area (Å²) < 4.78 is 17.3. The van der Waals surface area contributed by atoms with Gasteiger partial charge < -0.3 is 5.32 Å². The lowest BCUT2D eigenvalue weighted by molar-refractivity contribution is 0.0927. The van der Waals surface area contributed by atoms with Gasteiger partial charge in [0, 0.05) is 17.5 Å². The number of hydrogen-bond donors (Lipinski definition) is 1. The second-order valence-corrected chi connectivity index (χ2v) is 9.50. The number of amides is 1. The molecule has 1 N–H and O–H groups in total. The van der Waals surface area contributed by atoms with E-state index >= 15 is 0 Å². The standard InChI is InChI=1S/C25H27FN6OS/c1-34-16-14-20(24-29-28-22-9-5-6-15-31(22)24)27-25(33)23-19-7-3-2-4-8-21(19)32(30-23)18-12-10-17(26)11-13-18/h5-6,9-13,15,20H,2-4,7-8,14,16H2,1H3,(H,27,33). The van der Waals surface area contributed by atoms with Crippen LogP contribution in [0.15, 0.2) is 48.7 Å². The molecule has 1 aliphatic rings. The summed E-state index contributed by atoms with van der Waals surface area (Å²) >= 11 is 1.72. The van der Waals surface area contributed by atoms with Crippen LogP contribution in [0.25, 0.3) is 11.3 Å². The van der Waals surface area contributed by atoms with Crippen LogP contribution in [0.4, 0.5) is 4.39 Å². The van der Waals surface area contributed by atoms with Crippen molar-refractivity contribution >= 4 is 23.3 Å². The summed E-state index contributed by atoms with van der Waals surface area (Å²) in [6.07, 6.45) is 9.52. The van der Waals surface area contributed by atoms with E-state index < -0.39 is 0 Å². The Hall–Kier alpha value is -3.20. The number of fused-ring (bicyclic) bond motifs is 2. The van der Waals surface area contributed by atoms with E-state index in [2.05, 4.69) is 15.5 Å². The van der Waals surface area contributed by atoms with Crippen LogP contribution in [0.3, 0.4) is 0 Å². The maximum Gasteiger partial charge on any atom is 0.272 e. The van der Waals surface area contributed by atoms with E-state index in [1.807, 2.05) is 39.7 Å². The first kappa shape index (κ1) is 22.6. The first-order valence-electron chi connectivity index (χ1n) is 11.6. The number of nitrogens with zero attached hydrogens (tertiary/aromatic N) is 5. The summed E-state index contributed by atoms with van der Waals surface area (Å²) in [7, 11) is 0. The van der Waals surface area contributed by atoms with E-state index in [4.69, 9.17) is 5.10 Å². The van der Waals surface area contributed by atoms with Gasteiger partial charge in [-0.1, -0.05) is 12.5 Å². The topological polar surface area (TPSA) is 77.1 Å². The number of carbonyl (C=O) groups excluding carboxylic acids is 1. The maximum atomic E-state index is 13.6. The Morgan fingerprint density at radius 1 is 1.12 bits per heavy atom. The predicted octanol–water partition coefficient (Wildman–Crippen LogP) is 4.55. The van der Waals surface area contributed by atoms with Gasteiger partial charge in [0.2, 0.25) is 0 Å². The third-order valence-electron chi connectivity index (χ3n) is 6.28. The average Bonchev–Trinajstić information content (AvgIpc) is 3.36. The van der Waals surface area contributed by atoms with E-state index in [0.717, 1.165) is 66.9 Å². The van der Waals surface area contributed by atoms with Crippen LogP contribution in [0.2, 0.25) is 0 Å². The van der Waals surface area contributed by atoms with Crippen LogP contribution in [-0.4, -0.2) is 42.3 Å². The number of aromatic nitrogens is 5. The van der Waals surface area contributed by atoms with E-state index in [0.29, 0.717) is 11.5 Å². The number of benzene rings is 1. The monoisotopic (exact) mass is 478 g/mol. The van der Waals surface area contributed by atoms with E-state index in [-0.39, 0.29) is 17.8 Å². The van der Waals surface area contributed by atoms with Gasteiger partial charge in [0.15, 0.2) is 17.2 Å². The predicted molar refractivity (Wildman–Crippen MR) is 131 cm³/mol. The second kappa shape index (κ2) is 9.97. The molecular weight excluding hydrogens is 451 g/mol. The van der Waals surface area contributed by atoms with Crippen LogP contribution in [0.1, 0.15) is 59.3 Å². The van der Waals surface area contributed by atoms with Crippen molar-refractivity contribution in [2.24, 2.45) is 0 Å². The zero-order valence-electron chi connectivity index (χ0n) is 19.1. The Labute approximate surface area is 201 Å². The van der Waals surface area contributed by atoms with Crippen molar-refractivity contribution in [1.82, 2.24) is 29.7 Å². The van der Waals surface area contributed by atoms with Crippen molar-refractivity contribution in [2.75, 3.05) is 12.0 Å². The fourth-order valence-corrected chi connectivity index (χ4v) is 5.05. The molecule has 1 amide bonds. The molecule has 0 fully saturated rings. The number of halogens is 1. The molecule has 1 atom stereocenters. The molecule has 1 aromatic carbocycles. The Kier molecular flexibility index (Phi) is 6.62. The van der Waals surface area contributed by atoms with Gasteiger partial charge in [0.1, 0.15) is 5.82 Å². The molecule has 1 unspecified atom stereocenters. The molecule has 0 spiro atoms. The minimum atomic E-state index is -0.297.